The monoisotopic (exact) mass is 287 g/mol. The van der Waals surface area contributed by atoms with E-state index in [4.69, 9.17) is 4.74 Å². The Hall–Kier alpha value is -0.860. The molecule has 3 rings (SSSR count). The quantitative estimate of drug-likeness (QED) is 0.781. The second-order valence-corrected chi connectivity index (χ2v) is 6.75. The highest BCUT2D eigenvalue weighted by Gasteiger charge is 2.55. The van der Waals surface area contributed by atoms with Crippen LogP contribution in [0.2, 0.25) is 0 Å². The van der Waals surface area contributed by atoms with Gasteiger partial charge in [-0.1, -0.05) is 37.6 Å². The van der Waals surface area contributed by atoms with Gasteiger partial charge in [0.1, 0.15) is 0 Å². The van der Waals surface area contributed by atoms with Gasteiger partial charge in [0.2, 0.25) is 0 Å². The number of fused-ring (bicyclic) bond motifs is 1. The van der Waals surface area contributed by atoms with E-state index in [1.165, 1.54) is 36.8 Å². The van der Waals surface area contributed by atoms with Gasteiger partial charge < -0.3 is 10.1 Å². The molecule has 2 aliphatic carbocycles. The highest BCUT2D eigenvalue weighted by Crippen LogP contribution is 2.62. The van der Waals surface area contributed by atoms with Crippen molar-refractivity contribution in [1.82, 2.24) is 5.32 Å². The van der Waals surface area contributed by atoms with Crippen LogP contribution in [-0.4, -0.2) is 20.3 Å². The molecule has 2 heteroatoms. The maximum absolute atomic E-state index is 5.16. The van der Waals surface area contributed by atoms with Gasteiger partial charge in [0, 0.05) is 13.2 Å². The molecule has 3 unspecified atom stereocenters. The molecular formula is C19H29NO. The molecule has 0 saturated heterocycles. The van der Waals surface area contributed by atoms with Crippen LogP contribution >= 0.6 is 0 Å². The summed E-state index contributed by atoms with van der Waals surface area (Å²) < 4.78 is 5.16. The second-order valence-electron chi connectivity index (χ2n) is 6.75. The molecular weight excluding hydrogens is 258 g/mol. The Balaban J connectivity index is 1.67. The summed E-state index contributed by atoms with van der Waals surface area (Å²) >= 11 is 0. The predicted octanol–water partition coefficient (Wildman–Crippen LogP) is 3.96. The minimum Gasteiger partial charge on any atom is -0.384 e. The fourth-order valence-electron chi connectivity index (χ4n) is 4.26. The van der Waals surface area contributed by atoms with E-state index in [1.807, 2.05) is 0 Å². The van der Waals surface area contributed by atoms with Gasteiger partial charge in [-0.3, -0.25) is 0 Å². The first-order chi connectivity index (χ1) is 10.3. The third-order valence-electron chi connectivity index (χ3n) is 5.41. The zero-order valence-corrected chi connectivity index (χ0v) is 13.5. The van der Waals surface area contributed by atoms with Crippen LogP contribution in [0, 0.1) is 17.8 Å². The van der Waals surface area contributed by atoms with Gasteiger partial charge >= 0.3 is 0 Å². The highest BCUT2D eigenvalue weighted by atomic mass is 16.5. The number of methoxy groups -OCH3 is 1. The van der Waals surface area contributed by atoms with Crippen LogP contribution < -0.4 is 5.32 Å². The lowest BCUT2D eigenvalue weighted by molar-refractivity contribution is 0.202. The lowest BCUT2D eigenvalue weighted by atomic mass is 9.95. The third kappa shape index (κ3) is 3.32. The lowest BCUT2D eigenvalue weighted by Crippen LogP contribution is -2.25. The summed E-state index contributed by atoms with van der Waals surface area (Å²) in [5.74, 6) is 2.91. The van der Waals surface area contributed by atoms with Crippen LogP contribution in [0.25, 0.3) is 0 Å². The Morgan fingerprint density at radius 1 is 1.19 bits per heavy atom. The molecule has 0 aromatic heterocycles. The van der Waals surface area contributed by atoms with E-state index < -0.39 is 0 Å². The zero-order chi connectivity index (χ0) is 14.7. The summed E-state index contributed by atoms with van der Waals surface area (Å²) in [4.78, 5) is 0. The number of nitrogens with one attached hydrogen (secondary N) is 1. The molecule has 0 radical (unpaired) electrons. The molecule has 2 saturated carbocycles. The Morgan fingerprint density at radius 2 is 1.90 bits per heavy atom. The SMILES string of the molecule is CCCNC(c1ccc(CCOC)cc1)C1C2CCCC21. The van der Waals surface area contributed by atoms with E-state index in [9.17, 15) is 0 Å². The molecule has 1 N–H and O–H groups in total. The minimum absolute atomic E-state index is 0.580. The van der Waals surface area contributed by atoms with E-state index >= 15 is 0 Å². The number of hydrogen-bond acceptors (Lipinski definition) is 2. The summed E-state index contributed by atoms with van der Waals surface area (Å²) in [6, 6.07) is 9.83. The van der Waals surface area contributed by atoms with Gasteiger partial charge in [0.05, 0.1) is 6.61 Å². The van der Waals surface area contributed by atoms with Crippen molar-refractivity contribution in [2.75, 3.05) is 20.3 Å². The lowest BCUT2D eigenvalue weighted by Gasteiger charge is -2.21. The Morgan fingerprint density at radius 3 is 2.52 bits per heavy atom. The molecule has 0 aliphatic heterocycles. The van der Waals surface area contributed by atoms with Gasteiger partial charge in [-0.2, -0.15) is 0 Å². The first-order valence-corrected chi connectivity index (χ1v) is 8.66. The van der Waals surface area contributed by atoms with E-state index in [0.29, 0.717) is 6.04 Å². The Kier molecular flexibility index (Phi) is 4.97. The van der Waals surface area contributed by atoms with Crippen LogP contribution in [0.3, 0.4) is 0 Å². The molecule has 2 fully saturated rings. The van der Waals surface area contributed by atoms with E-state index in [-0.39, 0.29) is 0 Å². The first kappa shape index (κ1) is 15.1. The van der Waals surface area contributed by atoms with Crippen molar-refractivity contribution in [2.45, 2.75) is 45.1 Å². The van der Waals surface area contributed by atoms with Crippen molar-refractivity contribution in [3.63, 3.8) is 0 Å². The molecule has 0 bridgehead atoms. The van der Waals surface area contributed by atoms with Crippen molar-refractivity contribution in [3.05, 3.63) is 35.4 Å². The molecule has 21 heavy (non-hydrogen) atoms. The van der Waals surface area contributed by atoms with E-state index in [2.05, 4.69) is 36.5 Å². The largest absolute Gasteiger partial charge is 0.384 e. The van der Waals surface area contributed by atoms with Crippen LogP contribution in [0.1, 0.15) is 49.8 Å². The standard InChI is InChI=1S/C19H29NO/c1-3-12-20-19(18-16-5-4-6-17(16)18)15-9-7-14(8-10-15)11-13-21-2/h7-10,16-20H,3-6,11-13H2,1-2H3. The Bertz CT molecular complexity index is 431. The topological polar surface area (TPSA) is 21.3 Å². The molecule has 0 amide bonds. The molecule has 3 atom stereocenters. The van der Waals surface area contributed by atoms with Crippen molar-refractivity contribution in [2.24, 2.45) is 17.8 Å². The number of hydrogen-bond donors (Lipinski definition) is 1. The summed E-state index contributed by atoms with van der Waals surface area (Å²) in [6.45, 7) is 4.20. The third-order valence-corrected chi connectivity index (χ3v) is 5.41. The minimum atomic E-state index is 0.580. The van der Waals surface area contributed by atoms with Crippen LogP contribution in [-0.2, 0) is 11.2 Å². The molecule has 2 nitrogen and oxygen atoms in total. The van der Waals surface area contributed by atoms with Crippen molar-refractivity contribution in [3.8, 4) is 0 Å². The number of ether oxygens (including phenoxy) is 1. The van der Waals surface area contributed by atoms with E-state index in [0.717, 1.165) is 37.3 Å². The summed E-state index contributed by atoms with van der Waals surface area (Å²) in [5.41, 5.74) is 2.87. The fourth-order valence-corrected chi connectivity index (χ4v) is 4.26. The molecule has 2 aliphatic rings. The van der Waals surface area contributed by atoms with Gasteiger partial charge in [0.15, 0.2) is 0 Å². The average molecular weight is 287 g/mol. The second kappa shape index (κ2) is 6.93. The maximum Gasteiger partial charge on any atom is 0.0502 e. The smallest absolute Gasteiger partial charge is 0.0502 e. The van der Waals surface area contributed by atoms with Crippen LogP contribution in [0.5, 0.6) is 0 Å². The number of benzene rings is 1. The van der Waals surface area contributed by atoms with Gasteiger partial charge in [0.25, 0.3) is 0 Å². The molecule has 116 valence electrons. The summed E-state index contributed by atoms with van der Waals surface area (Å²) in [7, 11) is 1.77. The molecule has 1 aromatic carbocycles. The van der Waals surface area contributed by atoms with Crippen LogP contribution in [0.4, 0.5) is 0 Å². The maximum atomic E-state index is 5.16. The molecule has 0 heterocycles. The fraction of sp³-hybridized carbons (Fsp3) is 0.684. The van der Waals surface area contributed by atoms with Gasteiger partial charge in [-0.25, -0.2) is 0 Å². The highest BCUT2D eigenvalue weighted by molar-refractivity contribution is 5.28. The molecule has 0 spiro atoms. The predicted molar refractivity (Wildman–Crippen MR) is 87.4 cm³/mol. The average Bonchev–Trinajstić information content (AvgIpc) is 2.98. The van der Waals surface area contributed by atoms with Crippen molar-refractivity contribution in [1.29, 1.82) is 0 Å². The molecule has 1 aromatic rings. The summed E-state index contributed by atoms with van der Waals surface area (Å²) in [5, 5.41) is 3.81. The van der Waals surface area contributed by atoms with E-state index in [1.54, 1.807) is 7.11 Å². The zero-order valence-electron chi connectivity index (χ0n) is 13.5. The van der Waals surface area contributed by atoms with Gasteiger partial charge in [-0.15, -0.1) is 0 Å². The van der Waals surface area contributed by atoms with Crippen molar-refractivity contribution < 1.29 is 4.74 Å². The number of rotatable bonds is 8. The normalized spacial score (nSPS) is 28.4. The van der Waals surface area contributed by atoms with Crippen LogP contribution in [0.15, 0.2) is 24.3 Å². The van der Waals surface area contributed by atoms with Gasteiger partial charge in [-0.05, 0) is 61.1 Å². The van der Waals surface area contributed by atoms with Crippen molar-refractivity contribution >= 4 is 0 Å². The first-order valence-electron chi connectivity index (χ1n) is 8.66. The Labute approximate surface area is 129 Å². The summed E-state index contributed by atoms with van der Waals surface area (Å²) in [6.07, 6.45) is 6.61.